The summed E-state index contributed by atoms with van der Waals surface area (Å²) in [5.41, 5.74) is 3.24. The number of aryl methyl sites for hydroxylation is 1. The molecule has 0 atom stereocenters. The quantitative estimate of drug-likeness (QED) is 0.546. The Labute approximate surface area is 167 Å². The number of carbonyl (C=O) groups is 2. The number of rotatable bonds is 4. The standard InChI is InChI=1S/C23H18N4O2/c1-15-7-2-3-10-17(15)26-22(28)19-12-5-13-20(25-19)23(29)27-18-11-4-8-16-9-6-14-24-21(16)18/h2-14H,1H3,(H,26,28)(H,27,29). The molecule has 2 aromatic carbocycles. The van der Waals surface area contributed by atoms with Crippen molar-refractivity contribution in [1.82, 2.24) is 9.97 Å². The highest BCUT2D eigenvalue weighted by molar-refractivity contribution is 6.08. The third-order valence-corrected chi connectivity index (χ3v) is 4.49. The molecule has 6 nitrogen and oxygen atoms in total. The van der Waals surface area contributed by atoms with E-state index in [2.05, 4.69) is 20.6 Å². The lowest BCUT2D eigenvalue weighted by Gasteiger charge is -2.10. The number of fused-ring (bicyclic) bond motifs is 1. The molecule has 0 saturated carbocycles. The molecule has 0 radical (unpaired) electrons. The number of benzene rings is 2. The summed E-state index contributed by atoms with van der Waals surface area (Å²) >= 11 is 0. The molecule has 0 aliphatic rings. The Balaban J connectivity index is 1.56. The van der Waals surface area contributed by atoms with Gasteiger partial charge in [-0.3, -0.25) is 14.6 Å². The van der Waals surface area contributed by atoms with Crippen molar-refractivity contribution in [3.05, 3.63) is 95.9 Å². The number of hydrogen-bond acceptors (Lipinski definition) is 4. The van der Waals surface area contributed by atoms with Gasteiger partial charge in [-0.25, -0.2) is 4.98 Å². The van der Waals surface area contributed by atoms with Crippen LogP contribution >= 0.6 is 0 Å². The van der Waals surface area contributed by atoms with Gasteiger partial charge < -0.3 is 10.6 Å². The van der Waals surface area contributed by atoms with Crippen LogP contribution in [0.15, 0.2) is 79.0 Å². The molecule has 0 fully saturated rings. The van der Waals surface area contributed by atoms with E-state index in [1.54, 1.807) is 30.5 Å². The van der Waals surface area contributed by atoms with Gasteiger partial charge in [-0.15, -0.1) is 0 Å². The summed E-state index contributed by atoms with van der Waals surface area (Å²) in [6.45, 7) is 1.91. The molecule has 4 aromatic rings. The number of amides is 2. The number of hydrogen-bond donors (Lipinski definition) is 2. The molecule has 2 heterocycles. The Kier molecular flexibility index (Phi) is 4.99. The molecule has 2 amide bonds. The molecule has 2 N–H and O–H groups in total. The summed E-state index contributed by atoms with van der Waals surface area (Å²) in [6, 6.07) is 21.6. The summed E-state index contributed by atoms with van der Waals surface area (Å²) < 4.78 is 0. The maximum atomic E-state index is 12.7. The number of anilines is 2. The lowest BCUT2D eigenvalue weighted by molar-refractivity contribution is 0.101. The number of pyridine rings is 2. The van der Waals surface area contributed by atoms with E-state index in [0.29, 0.717) is 16.9 Å². The summed E-state index contributed by atoms with van der Waals surface area (Å²) in [5.74, 6) is -0.783. The van der Waals surface area contributed by atoms with Gasteiger partial charge in [0.2, 0.25) is 0 Å². The molecule has 6 heteroatoms. The van der Waals surface area contributed by atoms with Gasteiger partial charge in [0.1, 0.15) is 11.4 Å². The van der Waals surface area contributed by atoms with E-state index in [9.17, 15) is 9.59 Å². The Morgan fingerprint density at radius 3 is 2.10 bits per heavy atom. The van der Waals surface area contributed by atoms with Crippen molar-refractivity contribution < 1.29 is 9.59 Å². The number of aromatic nitrogens is 2. The van der Waals surface area contributed by atoms with Crippen molar-refractivity contribution in [2.24, 2.45) is 0 Å². The van der Waals surface area contributed by atoms with Gasteiger partial charge >= 0.3 is 0 Å². The lowest BCUT2D eigenvalue weighted by atomic mass is 10.2. The third kappa shape index (κ3) is 3.96. The number of nitrogens with zero attached hydrogens (tertiary/aromatic N) is 2. The average Bonchev–Trinajstić information content (AvgIpc) is 2.75. The topological polar surface area (TPSA) is 84.0 Å². The SMILES string of the molecule is Cc1ccccc1NC(=O)c1cccc(C(=O)Nc2cccc3cccnc23)n1. The Morgan fingerprint density at radius 1 is 0.724 bits per heavy atom. The molecular weight excluding hydrogens is 364 g/mol. The summed E-state index contributed by atoms with van der Waals surface area (Å²) in [6.07, 6.45) is 1.67. The van der Waals surface area contributed by atoms with Gasteiger partial charge in [-0.1, -0.05) is 42.5 Å². The molecule has 0 spiro atoms. The van der Waals surface area contributed by atoms with Gasteiger partial charge in [0.05, 0.1) is 11.2 Å². The van der Waals surface area contributed by atoms with E-state index in [0.717, 1.165) is 10.9 Å². The van der Waals surface area contributed by atoms with Gasteiger partial charge in [0.15, 0.2) is 0 Å². The molecule has 0 unspecified atom stereocenters. The zero-order valence-corrected chi connectivity index (χ0v) is 15.7. The van der Waals surface area contributed by atoms with Crippen LogP contribution in [0.1, 0.15) is 26.5 Å². The van der Waals surface area contributed by atoms with E-state index < -0.39 is 5.91 Å². The minimum Gasteiger partial charge on any atom is -0.320 e. The molecule has 0 saturated heterocycles. The zero-order chi connectivity index (χ0) is 20.2. The first-order valence-corrected chi connectivity index (χ1v) is 9.11. The first-order valence-electron chi connectivity index (χ1n) is 9.11. The smallest absolute Gasteiger partial charge is 0.274 e. The second-order valence-corrected chi connectivity index (χ2v) is 6.51. The van der Waals surface area contributed by atoms with E-state index in [4.69, 9.17) is 0 Å². The first-order chi connectivity index (χ1) is 14.1. The molecule has 2 aromatic heterocycles. The van der Waals surface area contributed by atoms with Crippen LogP contribution in [0.25, 0.3) is 10.9 Å². The highest BCUT2D eigenvalue weighted by atomic mass is 16.2. The predicted molar refractivity (Wildman–Crippen MR) is 113 cm³/mol. The van der Waals surface area contributed by atoms with Crippen molar-refractivity contribution in [3.8, 4) is 0 Å². The van der Waals surface area contributed by atoms with Gasteiger partial charge in [0.25, 0.3) is 11.8 Å². The zero-order valence-electron chi connectivity index (χ0n) is 15.7. The second kappa shape index (κ2) is 7.90. The summed E-state index contributed by atoms with van der Waals surface area (Å²) in [7, 11) is 0. The highest BCUT2D eigenvalue weighted by Gasteiger charge is 2.14. The maximum Gasteiger partial charge on any atom is 0.274 e. The van der Waals surface area contributed by atoms with Crippen LogP contribution in [-0.4, -0.2) is 21.8 Å². The third-order valence-electron chi connectivity index (χ3n) is 4.49. The summed E-state index contributed by atoms with van der Waals surface area (Å²) in [4.78, 5) is 33.8. The maximum absolute atomic E-state index is 12.7. The molecule has 142 valence electrons. The Morgan fingerprint density at radius 2 is 1.34 bits per heavy atom. The van der Waals surface area contributed by atoms with Crippen molar-refractivity contribution in [2.75, 3.05) is 10.6 Å². The van der Waals surface area contributed by atoms with Crippen LogP contribution in [-0.2, 0) is 0 Å². The van der Waals surface area contributed by atoms with Crippen LogP contribution in [0.4, 0.5) is 11.4 Å². The normalized spacial score (nSPS) is 10.5. The highest BCUT2D eigenvalue weighted by Crippen LogP contribution is 2.21. The predicted octanol–water partition coefficient (Wildman–Crippen LogP) is 4.44. The number of nitrogens with one attached hydrogen (secondary N) is 2. The van der Waals surface area contributed by atoms with Crippen molar-refractivity contribution in [2.45, 2.75) is 6.92 Å². The van der Waals surface area contributed by atoms with Crippen LogP contribution in [0.5, 0.6) is 0 Å². The fraction of sp³-hybridized carbons (Fsp3) is 0.0435. The van der Waals surface area contributed by atoms with Gasteiger partial charge in [-0.05, 0) is 42.8 Å². The second-order valence-electron chi connectivity index (χ2n) is 6.51. The molecule has 0 aliphatic heterocycles. The number of carbonyl (C=O) groups excluding carboxylic acids is 2. The average molecular weight is 382 g/mol. The fourth-order valence-electron chi connectivity index (χ4n) is 2.98. The lowest BCUT2D eigenvalue weighted by Crippen LogP contribution is -2.19. The number of para-hydroxylation sites is 2. The van der Waals surface area contributed by atoms with Crippen molar-refractivity contribution in [1.29, 1.82) is 0 Å². The molecule has 0 bridgehead atoms. The first kappa shape index (κ1) is 18.3. The van der Waals surface area contributed by atoms with Gasteiger partial charge in [0, 0.05) is 17.3 Å². The molecule has 0 aliphatic carbocycles. The van der Waals surface area contributed by atoms with E-state index in [-0.39, 0.29) is 17.3 Å². The minimum atomic E-state index is -0.409. The van der Waals surface area contributed by atoms with Crippen LogP contribution < -0.4 is 10.6 Å². The van der Waals surface area contributed by atoms with Crippen LogP contribution in [0.2, 0.25) is 0 Å². The summed E-state index contributed by atoms with van der Waals surface area (Å²) in [5, 5.41) is 6.57. The fourth-order valence-corrected chi connectivity index (χ4v) is 2.98. The van der Waals surface area contributed by atoms with E-state index in [1.807, 2.05) is 55.5 Å². The van der Waals surface area contributed by atoms with E-state index >= 15 is 0 Å². The monoisotopic (exact) mass is 382 g/mol. The van der Waals surface area contributed by atoms with Crippen molar-refractivity contribution >= 4 is 34.1 Å². The molecule has 29 heavy (non-hydrogen) atoms. The molecular formula is C23H18N4O2. The van der Waals surface area contributed by atoms with Crippen LogP contribution in [0, 0.1) is 6.92 Å². The van der Waals surface area contributed by atoms with Crippen molar-refractivity contribution in [3.63, 3.8) is 0 Å². The molecule has 4 rings (SSSR count). The van der Waals surface area contributed by atoms with Crippen LogP contribution in [0.3, 0.4) is 0 Å². The Hall–Kier alpha value is -4.06. The minimum absolute atomic E-state index is 0.148. The largest absolute Gasteiger partial charge is 0.320 e. The van der Waals surface area contributed by atoms with E-state index in [1.165, 1.54) is 0 Å². The van der Waals surface area contributed by atoms with Gasteiger partial charge in [-0.2, -0.15) is 0 Å². The Bertz CT molecular complexity index is 1210.